The normalized spacial score (nSPS) is 27.5. The van der Waals surface area contributed by atoms with Crippen molar-refractivity contribution in [1.29, 1.82) is 0 Å². The monoisotopic (exact) mass is 489 g/mol. The number of hydrogen-bond acceptors (Lipinski definition) is 7. The lowest BCUT2D eigenvalue weighted by Crippen LogP contribution is -2.49. The van der Waals surface area contributed by atoms with Crippen LogP contribution in [0, 0.1) is 11.8 Å². The second kappa shape index (κ2) is 12.0. The van der Waals surface area contributed by atoms with Crippen LogP contribution in [0.15, 0.2) is 24.3 Å². The van der Waals surface area contributed by atoms with Gasteiger partial charge in [-0.2, -0.15) is 0 Å². The molecule has 3 fully saturated rings. The van der Waals surface area contributed by atoms with E-state index in [9.17, 15) is 14.7 Å². The van der Waals surface area contributed by atoms with Crippen LogP contribution in [0.4, 0.5) is 0 Å². The van der Waals surface area contributed by atoms with Crippen molar-refractivity contribution in [2.45, 2.75) is 25.0 Å². The van der Waals surface area contributed by atoms with Gasteiger partial charge in [0.15, 0.2) is 0 Å². The molecule has 10 heteroatoms. The van der Waals surface area contributed by atoms with Gasteiger partial charge in [0.1, 0.15) is 11.9 Å². The number of rotatable bonds is 5. The first kappa shape index (κ1) is 26.7. The van der Waals surface area contributed by atoms with Crippen LogP contribution in [0.5, 0.6) is 5.75 Å². The van der Waals surface area contributed by atoms with Crippen LogP contribution in [0.1, 0.15) is 23.2 Å². The molecule has 2 saturated heterocycles. The summed E-state index contributed by atoms with van der Waals surface area (Å²) in [6.07, 6.45) is 0.644. The van der Waals surface area contributed by atoms with Crippen molar-refractivity contribution in [3.8, 4) is 5.75 Å². The zero-order valence-corrected chi connectivity index (χ0v) is 19.9. The molecular weight excluding hydrogens is 457 g/mol. The van der Waals surface area contributed by atoms with E-state index in [1.165, 1.54) is 7.11 Å². The number of benzene rings is 1. The Morgan fingerprint density at radius 1 is 1.06 bits per heavy atom. The molecule has 8 nitrogen and oxygen atoms in total. The third-order valence-corrected chi connectivity index (χ3v) is 6.55. The second-order valence-corrected chi connectivity index (χ2v) is 8.56. The number of aliphatic hydroxyl groups excluding tert-OH is 1. The minimum absolute atomic E-state index is 0. The minimum atomic E-state index is -0.532. The molecule has 4 rings (SSSR count). The SMILES string of the molecule is COC(=O)c1ccc(O[C@H]2C[C@@H]3CN(CC(=O)N4CCNCC4)C[C@@H]3C[C@@H]2O)cc1.Cl.Cl. The van der Waals surface area contributed by atoms with Crippen LogP contribution in [0.3, 0.4) is 0 Å². The van der Waals surface area contributed by atoms with Gasteiger partial charge in [0.25, 0.3) is 0 Å². The number of nitrogens with zero attached hydrogens (tertiary/aromatic N) is 2. The Labute approximate surface area is 201 Å². The number of methoxy groups -OCH3 is 1. The molecule has 1 aromatic carbocycles. The highest BCUT2D eigenvalue weighted by Crippen LogP contribution is 2.38. The number of piperazine rings is 1. The van der Waals surface area contributed by atoms with Crippen LogP contribution in [0.25, 0.3) is 0 Å². The van der Waals surface area contributed by atoms with E-state index in [0.29, 0.717) is 36.1 Å². The number of nitrogens with one attached hydrogen (secondary N) is 1. The molecule has 1 saturated carbocycles. The Bertz CT molecular complexity index is 760. The first-order valence-corrected chi connectivity index (χ1v) is 10.8. The van der Waals surface area contributed by atoms with Gasteiger partial charge >= 0.3 is 5.97 Å². The number of fused-ring (bicyclic) bond motifs is 1. The first-order valence-electron chi connectivity index (χ1n) is 10.8. The van der Waals surface area contributed by atoms with E-state index >= 15 is 0 Å². The van der Waals surface area contributed by atoms with E-state index in [4.69, 9.17) is 9.47 Å². The Balaban J connectivity index is 0.00000181. The van der Waals surface area contributed by atoms with Gasteiger partial charge in [-0.15, -0.1) is 24.8 Å². The molecular formula is C22H33Cl2N3O5. The molecule has 4 atom stereocenters. The Morgan fingerprint density at radius 3 is 2.31 bits per heavy atom. The predicted octanol–water partition coefficient (Wildman–Crippen LogP) is 1.20. The predicted molar refractivity (Wildman–Crippen MR) is 125 cm³/mol. The van der Waals surface area contributed by atoms with Crippen molar-refractivity contribution in [2.75, 3.05) is 52.9 Å². The third-order valence-electron chi connectivity index (χ3n) is 6.55. The molecule has 0 bridgehead atoms. The fourth-order valence-electron chi connectivity index (χ4n) is 4.91. The highest BCUT2D eigenvalue weighted by atomic mass is 35.5. The van der Waals surface area contributed by atoms with Crippen LogP contribution >= 0.6 is 24.8 Å². The smallest absolute Gasteiger partial charge is 0.337 e. The van der Waals surface area contributed by atoms with Gasteiger partial charge in [-0.1, -0.05) is 0 Å². The van der Waals surface area contributed by atoms with E-state index in [-0.39, 0.29) is 42.8 Å². The number of amides is 1. The summed E-state index contributed by atoms with van der Waals surface area (Å²) in [5, 5.41) is 13.9. The molecule has 1 aliphatic carbocycles. The van der Waals surface area contributed by atoms with Crippen molar-refractivity contribution < 1.29 is 24.2 Å². The highest BCUT2D eigenvalue weighted by molar-refractivity contribution is 5.89. The van der Waals surface area contributed by atoms with Gasteiger partial charge in [0.2, 0.25) is 5.91 Å². The molecule has 1 aromatic rings. The average Bonchev–Trinajstić information content (AvgIpc) is 3.15. The van der Waals surface area contributed by atoms with Crippen molar-refractivity contribution in [3.05, 3.63) is 29.8 Å². The van der Waals surface area contributed by atoms with Gasteiger partial charge in [0.05, 0.1) is 25.3 Å². The molecule has 3 aliphatic rings. The molecule has 0 unspecified atom stereocenters. The fraction of sp³-hybridized carbons (Fsp3) is 0.636. The summed E-state index contributed by atoms with van der Waals surface area (Å²) in [5.74, 6) is 1.27. The Morgan fingerprint density at radius 2 is 1.69 bits per heavy atom. The second-order valence-electron chi connectivity index (χ2n) is 8.56. The summed E-state index contributed by atoms with van der Waals surface area (Å²) in [5.41, 5.74) is 0.467. The standard InChI is InChI=1S/C22H31N3O5.2ClH/c1-29-22(28)15-2-4-18(5-3-15)30-20-11-17-13-24(12-16(17)10-19(20)26)14-21(27)25-8-6-23-7-9-25;;/h2-5,16-17,19-20,23,26H,6-14H2,1H3;2*1H/t16-,17+,19-,20-;;/m0../s1. The van der Waals surface area contributed by atoms with E-state index in [1.807, 2.05) is 4.90 Å². The van der Waals surface area contributed by atoms with Gasteiger partial charge in [-0.05, 0) is 48.9 Å². The summed E-state index contributed by atoms with van der Waals surface area (Å²) in [7, 11) is 1.35. The van der Waals surface area contributed by atoms with E-state index < -0.39 is 6.10 Å². The largest absolute Gasteiger partial charge is 0.488 e. The van der Waals surface area contributed by atoms with Crippen molar-refractivity contribution in [3.63, 3.8) is 0 Å². The molecule has 2 N–H and O–H groups in total. The third kappa shape index (κ3) is 6.26. The highest BCUT2D eigenvalue weighted by Gasteiger charge is 2.43. The molecule has 32 heavy (non-hydrogen) atoms. The van der Waals surface area contributed by atoms with E-state index in [2.05, 4.69) is 10.2 Å². The lowest BCUT2D eigenvalue weighted by atomic mass is 9.78. The van der Waals surface area contributed by atoms with Crippen molar-refractivity contribution in [1.82, 2.24) is 15.1 Å². The average molecular weight is 490 g/mol. The quantitative estimate of drug-likeness (QED) is 0.600. The number of aliphatic hydroxyl groups is 1. The summed E-state index contributed by atoms with van der Waals surface area (Å²) >= 11 is 0. The maximum absolute atomic E-state index is 12.6. The van der Waals surface area contributed by atoms with Crippen LogP contribution in [0.2, 0.25) is 0 Å². The number of hydrogen-bond donors (Lipinski definition) is 2. The number of halogens is 2. The molecule has 0 aromatic heterocycles. The minimum Gasteiger partial charge on any atom is -0.488 e. The number of carbonyl (C=O) groups is 2. The zero-order valence-electron chi connectivity index (χ0n) is 18.3. The number of ether oxygens (including phenoxy) is 2. The Hall–Kier alpha value is -1.58. The number of esters is 1. The molecule has 180 valence electrons. The Kier molecular flexibility index (Phi) is 10.0. The topological polar surface area (TPSA) is 91.3 Å². The first-order chi connectivity index (χ1) is 14.5. The van der Waals surface area contributed by atoms with Crippen LogP contribution in [-0.4, -0.2) is 91.9 Å². The van der Waals surface area contributed by atoms with Crippen LogP contribution in [-0.2, 0) is 9.53 Å². The summed E-state index contributed by atoms with van der Waals surface area (Å²) in [4.78, 5) is 28.3. The van der Waals surface area contributed by atoms with Gasteiger partial charge in [-0.25, -0.2) is 4.79 Å². The zero-order chi connectivity index (χ0) is 21.1. The van der Waals surface area contributed by atoms with Crippen molar-refractivity contribution >= 4 is 36.7 Å². The number of carbonyl (C=O) groups excluding carboxylic acids is 2. The van der Waals surface area contributed by atoms with Gasteiger partial charge < -0.3 is 24.8 Å². The number of likely N-dealkylation sites (tertiary alicyclic amines) is 1. The molecule has 2 heterocycles. The summed E-state index contributed by atoms with van der Waals surface area (Å²) in [6, 6.07) is 6.80. The summed E-state index contributed by atoms with van der Waals surface area (Å²) < 4.78 is 10.8. The summed E-state index contributed by atoms with van der Waals surface area (Å²) in [6.45, 7) is 5.48. The lowest BCUT2D eigenvalue weighted by Gasteiger charge is -2.35. The maximum atomic E-state index is 12.6. The lowest BCUT2D eigenvalue weighted by molar-refractivity contribution is -0.132. The molecule has 0 radical (unpaired) electrons. The fourth-order valence-corrected chi connectivity index (χ4v) is 4.91. The van der Waals surface area contributed by atoms with Crippen LogP contribution < -0.4 is 10.1 Å². The van der Waals surface area contributed by atoms with E-state index in [0.717, 1.165) is 45.7 Å². The van der Waals surface area contributed by atoms with E-state index in [1.54, 1.807) is 24.3 Å². The molecule has 0 spiro atoms. The van der Waals surface area contributed by atoms with Gasteiger partial charge in [-0.3, -0.25) is 9.69 Å². The van der Waals surface area contributed by atoms with Crippen molar-refractivity contribution in [2.24, 2.45) is 11.8 Å². The molecule has 1 amide bonds. The molecule has 2 aliphatic heterocycles. The van der Waals surface area contributed by atoms with Gasteiger partial charge in [0, 0.05) is 39.3 Å². The maximum Gasteiger partial charge on any atom is 0.337 e.